The van der Waals surface area contributed by atoms with Crippen molar-refractivity contribution in [2.24, 2.45) is 5.92 Å². The van der Waals surface area contributed by atoms with Crippen LogP contribution < -0.4 is 5.32 Å². The number of carbonyl (C=O) groups excluding carboxylic acids is 1. The van der Waals surface area contributed by atoms with Gasteiger partial charge >= 0.3 is 0 Å². The smallest absolute Gasteiger partial charge is 0.240 e. The van der Waals surface area contributed by atoms with Gasteiger partial charge in [-0.15, -0.1) is 11.8 Å². The number of rotatable bonds is 3. The monoisotopic (exact) mass is 281 g/mol. The second-order valence-electron chi connectivity index (χ2n) is 5.18. The Kier molecular flexibility index (Phi) is 4.03. The zero-order valence-electron chi connectivity index (χ0n) is 10.9. The van der Waals surface area contributed by atoms with Crippen LogP contribution in [0.3, 0.4) is 0 Å². The number of hydrogen-bond acceptors (Lipinski definition) is 5. The maximum Gasteiger partial charge on any atom is 0.240 e. The predicted octanol–water partition coefficient (Wildman–Crippen LogP) is 0.179. The minimum atomic E-state index is 0.0233. The Bertz CT molecular complexity index is 418. The minimum Gasteiger partial charge on any atom is -0.341 e. The molecule has 2 aliphatic heterocycles. The molecule has 0 aromatic carbocycles. The van der Waals surface area contributed by atoms with Crippen LogP contribution in [0.1, 0.15) is 12.8 Å². The molecule has 0 saturated carbocycles. The van der Waals surface area contributed by atoms with E-state index in [1.54, 1.807) is 24.4 Å². The van der Waals surface area contributed by atoms with Gasteiger partial charge in [-0.3, -0.25) is 14.8 Å². The third kappa shape index (κ3) is 3.09. The molecule has 0 spiro atoms. The van der Waals surface area contributed by atoms with E-state index in [1.807, 2.05) is 9.58 Å². The number of hydrogen-bond donors (Lipinski definition) is 1. The Morgan fingerprint density at radius 3 is 3.21 bits per heavy atom. The van der Waals surface area contributed by atoms with Gasteiger partial charge in [-0.2, -0.15) is 5.10 Å². The Labute approximate surface area is 116 Å². The highest BCUT2D eigenvalue weighted by molar-refractivity contribution is 7.99. The molecule has 1 aromatic rings. The van der Waals surface area contributed by atoms with E-state index in [-0.39, 0.29) is 11.9 Å². The Balaban J connectivity index is 1.56. The molecule has 1 amide bonds. The van der Waals surface area contributed by atoms with E-state index in [9.17, 15) is 4.79 Å². The fourth-order valence-corrected chi connectivity index (χ4v) is 3.71. The number of carbonyl (C=O) groups is 1. The van der Waals surface area contributed by atoms with Crippen LogP contribution in [0.2, 0.25) is 0 Å². The van der Waals surface area contributed by atoms with E-state index in [2.05, 4.69) is 15.4 Å². The summed E-state index contributed by atoms with van der Waals surface area (Å²) in [7, 11) is 0. The Morgan fingerprint density at radius 2 is 2.47 bits per heavy atom. The van der Waals surface area contributed by atoms with Crippen LogP contribution in [0.4, 0.5) is 0 Å². The predicted molar refractivity (Wildman–Crippen MR) is 73.6 cm³/mol. The summed E-state index contributed by atoms with van der Waals surface area (Å²) in [5, 5.41) is 7.40. The second-order valence-corrected chi connectivity index (χ2v) is 6.21. The molecule has 1 N–H and O–H groups in total. The molecule has 7 heteroatoms. The first-order valence-electron chi connectivity index (χ1n) is 6.75. The van der Waals surface area contributed by atoms with Gasteiger partial charge in [-0.1, -0.05) is 0 Å². The molecule has 2 atom stereocenters. The topological polar surface area (TPSA) is 63.1 Å². The van der Waals surface area contributed by atoms with Gasteiger partial charge in [-0.05, 0) is 18.8 Å². The number of amides is 1. The quantitative estimate of drug-likeness (QED) is 0.856. The number of likely N-dealkylation sites (tertiary alicyclic amines) is 1. The van der Waals surface area contributed by atoms with E-state index in [0.717, 1.165) is 44.1 Å². The lowest BCUT2D eigenvalue weighted by Gasteiger charge is -2.34. The van der Waals surface area contributed by atoms with Crippen LogP contribution >= 0.6 is 11.8 Å². The van der Waals surface area contributed by atoms with Crippen molar-refractivity contribution in [3.05, 3.63) is 12.7 Å². The van der Waals surface area contributed by atoms with Crippen molar-refractivity contribution >= 4 is 17.7 Å². The van der Waals surface area contributed by atoms with Crippen LogP contribution in [0.25, 0.3) is 0 Å². The molecule has 6 nitrogen and oxygen atoms in total. The van der Waals surface area contributed by atoms with Gasteiger partial charge in [0.1, 0.15) is 12.7 Å². The highest BCUT2D eigenvalue weighted by Gasteiger charge is 2.30. The highest BCUT2D eigenvalue weighted by Crippen LogP contribution is 2.20. The maximum atomic E-state index is 12.4. The Hall–Kier alpha value is -1.08. The van der Waals surface area contributed by atoms with Crippen LogP contribution in [-0.4, -0.2) is 56.3 Å². The first-order valence-corrected chi connectivity index (χ1v) is 7.91. The summed E-state index contributed by atoms with van der Waals surface area (Å²) in [4.78, 5) is 18.3. The molecule has 2 aliphatic rings. The molecular weight excluding hydrogens is 262 g/mol. The molecule has 2 fully saturated rings. The average molecular weight is 281 g/mol. The maximum absolute atomic E-state index is 12.4. The van der Waals surface area contributed by atoms with Gasteiger partial charge in [-0.25, -0.2) is 4.98 Å². The molecule has 0 aliphatic carbocycles. The minimum absolute atomic E-state index is 0.0233. The van der Waals surface area contributed by atoms with E-state index < -0.39 is 0 Å². The summed E-state index contributed by atoms with van der Waals surface area (Å²) < 4.78 is 1.86. The van der Waals surface area contributed by atoms with Crippen LogP contribution in [0, 0.1) is 5.92 Å². The number of thioether (sulfide) groups is 1. The fraction of sp³-hybridized carbons (Fsp3) is 0.750. The fourth-order valence-electron chi connectivity index (χ4n) is 2.78. The van der Waals surface area contributed by atoms with Crippen LogP contribution in [-0.2, 0) is 11.3 Å². The molecule has 1 aromatic heterocycles. The first kappa shape index (κ1) is 12.9. The van der Waals surface area contributed by atoms with Crippen molar-refractivity contribution < 1.29 is 4.79 Å². The molecule has 0 radical (unpaired) electrons. The van der Waals surface area contributed by atoms with Crippen LogP contribution in [0.15, 0.2) is 12.7 Å². The van der Waals surface area contributed by atoms with Gasteiger partial charge in [0.05, 0.1) is 6.04 Å². The number of nitrogens with zero attached hydrogens (tertiary/aromatic N) is 4. The van der Waals surface area contributed by atoms with Crippen molar-refractivity contribution in [2.75, 3.05) is 24.7 Å². The van der Waals surface area contributed by atoms with Crippen molar-refractivity contribution in [2.45, 2.75) is 25.4 Å². The van der Waals surface area contributed by atoms with Gasteiger partial charge in [0.25, 0.3) is 0 Å². The average Bonchev–Trinajstić information content (AvgIpc) is 3.11. The molecule has 3 rings (SSSR count). The lowest BCUT2D eigenvalue weighted by molar-refractivity contribution is -0.134. The summed E-state index contributed by atoms with van der Waals surface area (Å²) in [6, 6.07) is 0.0233. The van der Waals surface area contributed by atoms with E-state index >= 15 is 0 Å². The molecule has 19 heavy (non-hydrogen) atoms. The van der Waals surface area contributed by atoms with Gasteiger partial charge in [0.15, 0.2) is 0 Å². The van der Waals surface area contributed by atoms with Crippen molar-refractivity contribution in [1.29, 1.82) is 0 Å². The van der Waals surface area contributed by atoms with Gasteiger partial charge < -0.3 is 4.90 Å². The second kappa shape index (κ2) is 5.92. The number of nitrogens with one attached hydrogen (secondary N) is 1. The third-order valence-corrected chi connectivity index (χ3v) is 4.70. The summed E-state index contributed by atoms with van der Waals surface area (Å²) in [5.41, 5.74) is 0. The highest BCUT2D eigenvalue weighted by atomic mass is 32.2. The van der Waals surface area contributed by atoms with E-state index in [0.29, 0.717) is 5.92 Å². The number of aromatic nitrogens is 3. The van der Waals surface area contributed by atoms with E-state index in [1.165, 1.54) is 0 Å². The lowest BCUT2D eigenvalue weighted by Crippen LogP contribution is -2.49. The SMILES string of the molecule is O=C([C@H]1CSCN1)N1CCC[C@@H](Cn2cncn2)C1. The van der Waals surface area contributed by atoms with Crippen molar-refractivity contribution in [1.82, 2.24) is 25.0 Å². The third-order valence-electron chi connectivity index (χ3n) is 3.76. The molecule has 104 valence electrons. The van der Waals surface area contributed by atoms with Gasteiger partial charge in [0.2, 0.25) is 5.91 Å². The van der Waals surface area contributed by atoms with E-state index in [4.69, 9.17) is 0 Å². The van der Waals surface area contributed by atoms with Gasteiger partial charge in [0, 0.05) is 31.3 Å². The van der Waals surface area contributed by atoms with Crippen LogP contribution in [0.5, 0.6) is 0 Å². The normalized spacial score (nSPS) is 27.7. The molecule has 0 unspecified atom stereocenters. The summed E-state index contributed by atoms with van der Waals surface area (Å²) >= 11 is 1.80. The summed E-state index contributed by atoms with van der Waals surface area (Å²) in [5.74, 6) is 2.57. The lowest BCUT2D eigenvalue weighted by atomic mass is 9.97. The Morgan fingerprint density at radius 1 is 1.53 bits per heavy atom. The molecular formula is C12H19N5OS. The molecule has 3 heterocycles. The summed E-state index contributed by atoms with van der Waals surface area (Å²) in [6.45, 7) is 2.60. The summed E-state index contributed by atoms with van der Waals surface area (Å²) in [6.07, 6.45) is 5.56. The first-order chi connectivity index (χ1) is 9.33. The van der Waals surface area contributed by atoms with Crippen molar-refractivity contribution in [3.63, 3.8) is 0 Å². The zero-order chi connectivity index (χ0) is 13.1. The molecule has 0 bridgehead atoms. The number of piperidine rings is 1. The zero-order valence-corrected chi connectivity index (χ0v) is 11.7. The molecule has 2 saturated heterocycles. The standard InChI is InChI=1S/C12H19N5OS/c18-12(11-6-19-9-14-11)16-3-1-2-10(4-16)5-17-8-13-7-15-17/h7-8,10-11,14H,1-6,9H2/t10-,11-/m1/s1. The van der Waals surface area contributed by atoms with Crippen molar-refractivity contribution in [3.8, 4) is 0 Å². The largest absolute Gasteiger partial charge is 0.341 e.